The van der Waals surface area contributed by atoms with Gasteiger partial charge in [0.25, 0.3) is 5.91 Å². The molecule has 1 amide bonds. The van der Waals surface area contributed by atoms with Crippen molar-refractivity contribution in [2.75, 3.05) is 6.54 Å². The van der Waals surface area contributed by atoms with Gasteiger partial charge in [-0.15, -0.1) is 0 Å². The average molecular weight is 261 g/mol. The highest BCUT2D eigenvalue weighted by atomic mass is 35.5. The van der Waals surface area contributed by atoms with E-state index in [1.165, 1.54) is 0 Å². The molecule has 0 aliphatic rings. The summed E-state index contributed by atoms with van der Waals surface area (Å²) < 4.78 is 0. The molecule has 0 aliphatic carbocycles. The second-order valence-corrected chi connectivity index (χ2v) is 5.20. The molecule has 0 bridgehead atoms. The molecule has 0 aromatic heterocycles. The van der Waals surface area contributed by atoms with E-state index in [9.17, 15) is 4.79 Å². The number of nitrogens with two attached hydrogens (primary N) is 1. The summed E-state index contributed by atoms with van der Waals surface area (Å²) in [4.78, 5) is 11.7. The smallest absolute Gasteiger partial charge is 0.251 e. The van der Waals surface area contributed by atoms with Crippen LogP contribution in [0.2, 0.25) is 10.0 Å². The van der Waals surface area contributed by atoms with E-state index in [1.54, 1.807) is 18.2 Å². The van der Waals surface area contributed by atoms with Crippen LogP contribution in [0.25, 0.3) is 0 Å². The zero-order chi connectivity index (χ0) is 12.3. The van der Waals surface area contributed by atoms with Crippen molar-refractivity contribution in [3.63, 3.8) is 0 Å². The molecular formula is C11H14Cl2N2O. The maximum atomic E-state index is 11.7. The Bertz CT molecular complexity index is 379. The SMILES string of the molecule is CC(C)(N)CNC(=O)c1cc(Cl)cc(Cl)c1. The van der Waals surface area contributed by atoms with E-state index in [0.29, 0.717) is 22.2 Å². The standard InChI is InChI=1S/C11H14Cl2N2O/c1-11(2,14)6-15-10(16)7-3-8(12)5-9(13)4-7/h3-5H,6,14H2,1-2H3,(H,15,16). The highest BCUT2D eigenvalue weighted by Gasteiger charge is 2.13. The Morgan fingerprint density at radius 2 is 1.81 bits per heavy atom. The molecule has 0 saturated heterocycles. The second kappa shape index (κ2) is 5.04. The summed E-state index contributed by atoms with van der Waals surface area (Å²) in [6.45, 7) is 4.05. The average Bonchev–Trinajstić information content (AvgIpc) is 2.11. The molecule has 1 rings (SSSR count). The molecule has 0 heterocycles. The fraction of sp³-hybridized carbons (Fsp3) is 0.364. The first-order valence-corrected chi connectivity index (χ1v) is 5.57. The molecule has 0 aliphatic heterocycles. The van der Waals surface area contributed by atoms with Crippen molar-refractivity contribution in [3.8, 4) is 0 Å². The van der Waals surface area contributed by atoms with Gasteiger partial charge in [-0.3, -0.25) is 4.79 Å². The fourth-order valence-corrected chi connectivity index (χ4v) is 1.62. The number of amides is 1. The van der Waals surface area contributed by atoms with Gasteiger partial charge in [0, 0.05) is 27.7 Å². The molecule has 0 saturated carbocycles. The summed E-state index contributed by atoms with van der Waals surface area (Å²) in [5, 5.41) is 3.58. The molecule has 0 unspecified atom stereocenters. The van der Waals surface area contributed by atoms with Crippen LogP contribution in [0.15, 0.2) is 18.2 Å². The molecule has 3 N–H and O–H groups in total. The lowest BCUT2D eigenvalue weighted by molar-refractivity contribution is 0.0946. The van der Waals surface area contributed by atoms with Crippen molar-refractivity contribution in [1.29, 1.82) is 0 Å². The molecule has 0 spiro atoms. The molecule has 3 nitrogen and oxygen atoms in total. The van der Waals surface area contributed by atoms with E-state index in [1.807, 2.05) is 13.8 Å². The highest BCUT2D eigenvalue weighted by Crippen LogP contribution is 2.18. The normalized spacial score (nSPS) is 11.3. The van der Waals surface area contributed by atoms with Gasteiger partial charge in [-0.1, -0.05) is 23.2 Å². The summed E-state index contributed by atoms with van der Waals surface area (Å²) in [5.41, 5.74) is 5.74. The van der Waals surface area contributed by atoms with Gasteiger partial charge in [-0.25, -0.2) is 0 Å². The Kier molecular flexibility index (Phi) is 4.19. The van der Waals surface area contributed by atoms with Gasteiger partial charge in [0.1, 0.15) is 0 Å². The third-order valence-electron chi connectivity index (χ3n) is 1.83. The van der Waals surface area contributed by atoms with Gasteiger partial charge in [-0.2, -0.15) is 0 Å². The number of halogens is 2. The first-order chi connectivity index (χ1) is 7.28. The van der Waals surface area contributed by atoms with E-state index in [2.05, 4.69) is 5.32 Å². The van der Waals surface area contributed by atoms with E-state index in [0.717, 1.165) is 0 Å². The van der Waals surface area contributed by atoms with Crippen LogP contribution >= 0.6 is 23.2 Å². The van der Waals surface area contributed by atoms with Crippen LogP contribution < -0.4 is 11.1 Å². The van der Waals surface area contributed by atoms with Crippen LogP contribution in [0.5, 0.6) is 0 Å². The zero-order valence-corrected chi connectivity index (χ0v) is 10.7. The van der Waals surface area contributed by atoms with Crippen LogP contribution in [-0.4, -0.2) is 18.0 Å². The van der Waals surface area contributed by atoms with Crippen molar-refractivity contribution in [2.24, 2.45) is 5.73 Å². The quantitative estimate of drug-likeness (QED) is 0.878. The van der Waals surface area contributed by atoms with Crippen molar-refractivity contribution in [1.82, 2.24) is 5.32 Å². The number of hydrogen-bond acceptors (Lipinski definition) is 2. The summed E-state index contributed by atoms with van der Waals surface area (Å²) in [6, 6.07) is 4.70. The lowest BCUT2D eigenvalue weighted by atomic mass is 10.1. The van der Waals surface area contributed by atoms with Crippen molar-refractivity contribution >= 4 is 29.1 Å². The maximum absolute atomic E-state index is 11.7. The third-order valence-corrected chi connectivity index (χ3v) is 2.27. The fourth-order valence-electron chi connectivity index (χ4n) is 1.10. The molecule has 1 aromatic rings. The topological polar surface area (TPSA) is 55.1 Å². The number of carbonyl (C=O) groups is 1. The largest absolute Gasteiger partial charge is 0.350 e. The Morgan fingerprint density at radius 1 is 1.31 bits per heavy atom. The predicted molar refractivity (Wildman–Crippen MR) is 67.1 cm³/mol. The molecule has 5 heteroatoms. The molecule has 1 aromatic carbocycles. The van der Waals surface area contributed by atoms with Gasteiger partial charge in [0.2, 0.25) is 0 Å². The van der Waals surface area contributed by atoms with Crippen LogP contribution in [0.1, 0.15) is 24.2 Å². The number of rotatable bonds is 3. The number of benzene rings is 1. The summed E-state index contributed by atoms with van der Waals surface area (Å²) in [7, 11) is 0. The van der Waals surface area contributed by atoms with E-state index in [-0.39, 0.29) is 5.91 Å². The van der Waals surface area contributed by atoms with Gasteiger partial charge < -0.3 is 11.1 Å². The molecule has 0 atom stereocenters. The van der Waals surface area contributed by atoms with E-state index in [4.69, 9.17) is 28.9 Å². The lowest BCUT2D eigenvalue weighted by Gasteiger charge is -2.18. The third kappa shape index (κ3) is 4.39. The number of hydrogen-bond donors (Lipinski definition) is 2. The van der Waals surface area contributed by atoms with Crippen molar-refractivity contribution in [2.45, 2.75) is 19.4 Å². The van der Waals surface area contributed by atoms with E-state index < -0.39 is 5.54 Å². The molecular weight excluding hydrogens is 247 g/mol. The van der Waals surface area contributed by atoms with Crippen molar-refractivity contribution in [3.05, 3.63) is 33.8 Å². The van der Waals surface area contributed by atoms with Gasteiger partial charge in [-0.05, 0) is 32.0 Å². The summed E-state index contributed by atoms with van der Waals surface area (Å²) in [5.74, 6) is -0.233. The zero-order valence-electron chi connectivity index (χ0n) is 9.18. The van der Waals surface area contributed by atoms with Gasteiger partial charge in [0.15, 0.2) is 0 Å². The second-order valence-electron chi connectivity index (χ2n) is 4.33. The molecule has 16 heavy (non-hydrogen) atoms. The van der Waals surface area contributed by atoms with E-state index >= 15 is 0 Å². The summed E-state index contributed by atoms with van der Waals surface area (Å²) in [6.07, 6.45) is 0. The first kappa shape index (κ1) is 13.3. The first-order valence-electron chi connectivity index (χ1n) is 4.81. The maximum Gasteiger partial charge on any atom is 0.251 e. The highest BCUT2D eigenvalue weighted by molar-refractivity contribution is 6.35. The van der Waals surface area contributed by atoms with Crippen LogP contribution in [0.4, 0.5) is 0 Å². The monoisotopic (exact) mass is 260 g/mol. The number of carbonyl (C=O) groups excluding carboxylic acids is 1. The number of nitrogens with one attached hydrogen (secondary N) is 1. The van der Waals surface area contributed by atoms with Crippen LogP contribution in [0, 0.1) is 0 Å². The minimum atomic E-state index is -0.446. The van der Waals surface area contributed by atoms with Crippen molar-refractivity contribution < 1.29 is 4.79 Å². The van der Waals surface area contributed by atoms with Gasteiger partial charge in [0.05, 0.1) is 0 Å². The molecule has 0 fully saturated rings. The molecule has 0 radical (unpaired) electrons. The van der Waals surface area contributed by atoms with Gasteiger partial charge >= 0.3 is 0 Å². The molecule has 88 valence electrons. The lowest BCUT2D eigenvalue weighted by Crippen LogP contribution is -2.45. The Morgan fingerprint density at radius 3 is 2.25 bits per heavy atom. The summed E-state index contributed by atoms with van der Waals surface area (Å²) >= 11 is 11.6. The Balaban J connectivity index is 2.73. The van der Waals surface area contributed by atoms with Crippen LogP contribution in [-0.2, 0) is 0 Å². The minimum absolute atomic E-state index is 0.233. The Labute approximate surface area is 105 Å². The minimum Gasteiger partial charge on any atom is -0.350 e. The Hall–Kier alpha value is -0.770. The predicted octanol–water partition coefficient (Wildman–Crippen LogP) is 2.46. The van der Waals surface area contributed by atoms with Crippen LogP contribution in [0.3, 0.4) is 0 Å².